The molecule has 1 saturated carbocycles. The molecule has 2 fully saturated rings. The maximum atomic E-state index is 13.3. The minimum atomic E-state index is -0.527. The number of carbonyl (C=O) groups excluding carboxylic acids is 2. The molecule has 12 heteroatoms. The second kappa shape index (κ2) is 9.27. The molecule has 0 atom stereocenters. The number of nitrogens with zero attached hydrogens (tertiary/aromatic N) is 4. The molecule has 1 aliphatic heterocycles. The van der Waals surface area contributed by atoms with Gasteiger partial charge in [-0.25, -0.2) is 4.98 Å². The number of piperazine rings is 1. The summed E-state index contributed by atoms with van der Waals surface area (Å²) < 4.78 is 2.03. The van der Waals surface area contributed by atoms with Gasteiger partial charge in [0.05, 0.1) is 28.6 Å². The topological polar surface area (TPSA) is 143 Å². The third-order valence-corrected chi connectivity index (χ3v) is 7.79. The van der Waals surface area contributed by atoms with Gasteiger partial charge in [0.25, 0.3) is 5.91 Å². The minimum absolute atomic E-state index is 0.00498. The summed E-state index contributed by atoms with van der Waals surface area (Å²) in [7, 11) is 0. The van der Waals surface area contributed by atoms with E-state index in [1.165, 1.54) is 6.07 Å². The molecule has 1 aliphatic carbocycles. The zero-order valence-corrected chi connectivity index (χ0v) is 20.0. The van der Waals surface area contributed by atoms with Gasteiger partial charge in [0.2, 0.25) is 11.9 Å². The number of benzene rings is 1. The fourth-order valence-corrected chi connectivity index (χ4v) is 5.94. The SMILES string of the molecule is Cc1cccc2nc(NC(=O)c3cc([N+](=O)[O-])c(N4CCNC(=O)C4)s3)n([C@H]3CC[C@H](O)CC3)c12. The summed E-state index contributed by atoms with van der Waals surface area (Å²) in [6.07, 6.45) is 2.55. The average molecular weight is 499 g/mol. The van der Waals surface area contributed by atoms with Crippen LogP contribution in [0.5, 0.6) is 0 Å². The zero-order valence-electron chi connectivity index (χ0n) is 19.2. The van der Waals surface area contributed by atoms with Crippen molar-refractivity contribution in [3.8, 4) is 0 Å². The number of amides is 2. The number of hydrogen-bond donors (Lipinski definition) is 3. The molecule has 184 valence electrons. The molecule has 11 nitrogen and oxygen atoms in total. The van der Waals surface area contributed by atoms with Crippen molar-refractivity contribution in [1.29, 1.82) is 0 Å². The fraction of sp³-hybridized carbons (Fsp3) is 0.435. The third kappa shape index (κ3) is 4.46. The van der Waals surface area contributed by atoms with Gasteiger partial charge in [-0.2, -0.15) is 0 Å². The van der Waals surface area contributed by atoms with Gasteiger partial charge < -0.3 is 19.9 Å². The Morgan fingerprint density at radius 2 is 2.09 bits per heavy atom. The molecule has 5 rings (SSSR count). The lowest BCUT2D eigenvalue weighted by molar-refractivity contribution is -0.383. The predicted molar refractivity (Wildman–Crippen MR) is 132 cm³/mol. The lowest BCUT2D eigenvalue weighted by atomic mass is 9.92. The van der Waals surface area contributed by atoms with Crippen molar-refractivity contribution in [3.05, 3.63) is 44.8 Å². The first-order chi connectivity index (χ1) is 16.8. The summed E-state index contributed by atoms with van der Waals surface area (Å²) in [6.45, 7) is 2.81. The van der Waals surface area contributed by atoms with Crippen LogP contribution in [-0.4, -0.2) is 57.1 Å². The molecular formula is C23H26N6O5S. The van der Waals surface area contributed by atoms with E-state index in [0.717, 1.165) is 40.8 Å². The number of nitro groups is 1. The standard InChI is InChI=1S/C23H26N6O5S/c1-13-3-2-4-16-20(13)28(14-5-7-15(30)8-6-14)23(25-16)26-21(32)18-11-17(29(33)34)22(35-18)27-10-9-24-19(31)12-27/h2-4,11,14-15,30H,5-10,12H2,1H3,(H,24,31)(H,25,26,32)/t14-,15-. The molecule has 2 aliphatic rings. The van der Waals surface area contributed by atoms with E-state index in [1.54, 1.807) is 4.90 Å². The van der Waals surface area contributed by atoms with Gasteiger partial charge in [0.15, 0.2) is 5.00 Å². The van der Waals surface area contributed by atoms with Crippen LogP contribution < -0.4 is 15.5 Å². The first-order valence-electron chi connectivity index (χ1n) is 11.6. The van der Waals surface area contributed by atoms with Crippen LogP contribution >= 0.6 is 11.3 Å². The van der Waals surface area contributed by atoms with Crippen molar-refractivity contribution in [1.82, 2.24) is 14.9 Å². The highest BCUT2D eigenvalue weighted by Crippen LogP contribution is 2.39. The van der Waals surface area contributed by atoms with Gasteiger partial charge in [-0.1, -0.05) is 12.1 Å². The van der Waals surface area contributed by atoms with Gasteiger partial charge in [-0.3, -0.25) is 25.0 Å². The van der Waals surface area contributed by atoms with E-state index < -0.39 is 10.8 Å². The van der Waals surface area contributed by atoms with Gasteiger partial charge in [0, 0.05) is 25.2 Å². The Balaban J connectivity index is 1.49. The van der Waals surface area contributed by atoms with Crippen molar-refractivity contribution in [2.24, 2.45) is 0 Å². The lowest BCUT2D eigenvalue weighted by Crippen LogP contribution is -2.47. The summed E-state index contributed by atoms with van der Waals surface area (Å²) >= 11 is 0.998. The smallest absolute Gasteiger partial charge is 0.304 e. The fourth-order valence-electron chi connectivity index (χ4n) is 4.90. The van der Waals surface area contributed by atoms with Crippen LogP contribution in [0.1, 0.15) is 47.0 Å². The van der Waals surface area contributed by atoms with E-state index in [9.17, 15) is 24.8 Å². The molecule has 1 aromatic carbocycles. The van der Waals surface area contributed by atoms with Crippen LogP contribution in [0.4, 0.5) is 16.6 Å². The first kappa shape index (κ1) is 23.2. The predicted octanol–water partition coefficient (Wildman–Crippen LogP) is 2.98. The maximum absolute atomic E-state index is 13.3. The Kier molecular flexibility index (Phi) is 6.15. The zero-order chi connectivity index (χ0) is 24.7. The van der Waals surface area contributed by atoms with Crippen LogP contribution in [0, 0.1) is 17.0 Å². The monoisotopic (exact) mass is 498 g/mol. The number of imidazole rings is 1. The summed E-state index contributed by atoms with van der Waals surface area (Å²) in [6, 6.07) is 7.13. The number of aryl methyl sites for hydroxylation is 1. The van der Waals surface area contributed by atoms with Crippen molar-refractivity contribution in [2.75, 3.05) is 29.9 Å². The number of para-hydroxylation sites is 1. The second-order valence-electron chi connectivity index (χ2n) is 8.99. The van der Waals surface area contributed by atoms with E-state index in [1.807, 2.05) is 29.7 Å². The summed E-state index contributed by atoms with van der Waals surface area (Å²) in [5, 5.41) is 27.5. The van der Waals surface area contributed by atoms with E-state index in [-0.39, 0.29) is 35.2 Å². The highest BCUT2D eigenvalue weighted by Gasteiger charge is 2.31. The molecule has 0 spiro atoms. The van der Waals surface area contributed by atoms with E-state index in [2.05, 4.69) is 15.6 Å². The number of anilines is 2. The number of rotatable bonds is 5. The van der Waals surface area contributed by atoms with Gasteiger partial charge >= 0.3 is 5.69 Å². The quantitative estimate of drug-likeness (QED) is 0.362. The van der Waals surface area contributed by atoms with Crippen LogP contribution in [-0.2, 0) is 4.79 Å². The average Bonchev–Trinajstić information content (AvgIpc) is 3.43. The van der Waals surface area contributed by atoms with Crippen LogP contribution in [0.15, 0.2) is 24.3 Å². The summed E-state index contributed by atoms with van der Waals surface area (Å²) in [5.74, 6) is -0.321. The second-order valence-corrected chi connectivity index (χ2v) is 10.0. The number of thiophene rings is 1. The molecule has 3 heterocycles. The van der Waals surface area contributed by atoms with Gasteiger partial charge in [0.1, 0.15) is 4.88 Å². The molecular weight excluding hydrogens is 472 g/mol. The highest BCUT2D eigenvalue weighted by molar-refractivity contribution is 7.18. The number of aromatic nitrogens is 2. The number of hydrogen-bond acceptors (Lipinski definition) is 8. The summed E-state index contributed by atoms with van der Waals surface area (Å²) in [4.78, 5) is 42.7. The molecule has 1 saturated heterocycles. The first-order valence-corrected chi connectivity index (χ1v) is 12.4. The molecule has 0 unspecified atom stereocenters. The molecule has 2 amide bonds. The number of fused-ring (bicyclic) bond motifs is 1. The highest BCUT2D eigenvalue weighted by atomic mass is 32.1. The van der Waals surface area contributed by atoms with Crippen molar-refractivity contribution in [3.63, 3.8) is 0 Å². The number of nitrogens with one attached hydrogen (secondary N) is 2. The van der Waals surface area contributed by atoms with Crippen molar-refractivity contribution in [2.45, 2.75) is 44.8 Å². The number of carbonyl (C=O) groups is 2. The molecule has 3 aromatic rings. The van der Waals surface area contributed by atoms with Crippen molar-refractivity contribution >= 4 is 50.8 Å². The Morgan fingerprint density at radius 3 is 2.80 bits per heavy atom. The van der Waals surface area contributed by atoms with E-state index in [0.29, 0.717) is 36.9 Å². The van der Waals surface area contributed by atoms with Crippen LogP contribution in [0.25, 0.3) is 11.0 Å². The molecule has 0 radical (unpaired) electrons. The van der Waals surface area contributed by atoms with Crippen LogP contribution in [0.2, 0.25) is 0 Å². The van der Waals surface area contributed by atoms with Crippen LogP contribution in [0.3, 0.4) is 0 Å². The lowest BCUT2D eigenvalue weighted by Gasteiger charge is -2.28. The molecule has 2 aromatic heterocycles. The Hall–Kier alpha value is -3.51. The van der Waals surface area contributed by atoms with Gasteiger partial charge in [-0.05, 0) is 44.2 Å². The Morgan fingerprint density at radius 1 is 1.31 bits per heavy atom. The maximum Gasteiger partial charge on any atom is 0.304 e. The molecule has 35 heavy (non-hydrogen) atoms. The Labute approximate surface area is 204 Å². The Bertz CT molecular complexity index is 1310. The summed E-state index contributed by atoms with van der Waals surface area (Å²) in [5.41, 5.74) is 2.52. The molecule has 0 bridgehead atoms. The van der Waals surface area contributed by atoms with Crippen molar-refractivity contribution < 1.29 is 19.6 Å². The molecule has 3 N–H and O–H groups in total. The van der Waals surface area contributed by atoms with E-state index >= 15 is 0 Å². The largest absolute Gasteiger partial charge is 0.393 e. The minimum Gasteiger partial charge on any atom is -0.393 e. The van der Waals surface area contributed by atoms with E-state index in [4.69, 9.17) is 0 Å². The third-order valence-electron chi connectivity index (χ3n) is 6.61. The normalized spacial score (nSPS) is 20.6. The number of aliphatic hydroxyl groups is 1. The van der Waals surface area contributed by atoms with Gasteiger partial charge in [-0.15, -0.1) is 11.3 Å². The number of aliphatic hydroxyl groups excluding tert-OH is 1.